The van der Waals surface area contributed by atoms with Crippen LogP contribution in [-0.2, 0) is 17.9 Å². The van der Waals surface area contributed by atoms with Gasteiger partial charge < -0.3 is 14.0 Å². The highest BCUT2D eigenvalue weighted by Gasteiger charge is 2.11. The monoisotopic (exact) mass is 258 g/mol. The molecule has 3 heterocycles. The molecule has 0 N–H and O–H groups in total. The molecule has 0 saturated carbocycles. The van der Waals surface area contributed by atoms with Crippen LogP contribution in [0.15, 0.2) is 29.5 Å². The summed E-state index contributed by atoms with van der Waals surface area (Å²) in [7, 11) is 1.58. The fourth-order valence-electron chi connectivity index (χ4n) is 1.91. The Balaban J connectivity index is 1.80. The summed E-state index contributed by atoms with van der Waals surface area (Å²) in [5.74, 6) is 1.49. The molecule has 1 aliphatic heterocycles. The van der Waals surface area contributed by atoms with Crippen molar-refractivity contribution < 1.29 is 9.47 Å². The Labute approximate surface area is 110 Å². The van der Waals surface area contributed by atoms with Crippen LogP contribution in [0.3, 0.4) is 0 Å². The smallest absolute Gasteiger partial charge is 0.215 e. The standard InChI is InChI=1S/C13H14N4O2/c1-18-13-6-10(2-3-14-13)15-7-11-8-17-4-5-19-9-12(17)16-11/h2-3,6-8H,4-5,9H2,1H3/b15-7+. The Morgan fingerprint density at radius 1 is 1.53 bits per heavy atom. The first-order valence-electron chi connectivity index (χ1n) is 6.03. The van der Waals surface area contributed by atoms with Gasteiger partial charge in [-0.05, 0) is 6.07 Å². The lowest BCUT2D eigenvalue weighted by molar-refractivity contribution is 0.0816. The quantitative estimate of drug-likeness (QED) is 0.784. The number of rotatable bonds is 3. The summed E-state index contributed by atoms with van der Waals surface area (Å²) < 4.78 is 12.5. The number of nitrogens with zero attached hydrogens (tertiary/aromatic N) is 4. The third-order valence-electron chi connectivity index (χ3n) is 2.86. The minimum absolute atomic E-state index is 0.548. The predicted octanol–water partition coefficient (Wildman–Crippen LogP) is 1.57. The molecule has 0 aromatic carbocycles. The molecule has 0 radical (unpaired) electrons. The highest BCUT2D eigenvalue weighted by molar-refractivity contribution is 5.79. The SMILES string of the molecule is COc1cc(/N=C/c2cn3c(n2)COCC3)ccn1. The molecular weight excluding hydrogens is 244 g/mol. The van der Waals surface area contributed by atoms with Crippen molar-refractivity contribution in [1.29, 1.82) is 0 Å². The lowest BCUT2D eigenvalue weighted by Crippen LogP contribution is -2.15. The van der Waals surface area contributed by atoms with Crippen LogP contribution in [0.1, 0.15) is 11.5 Å². The minimum Gasteiger partial charge on any atom is -0.481 e. The normalized spacial score (nSPS) is 14.6. The molecule has 19 heavy (non-hydrogen) atoms. The van der Waals surface area contributed by atoms with Gasteiger partial charge in [0.25, 0.3) is 0 Å². The van der Waals surface area contributed by atoms with Gasteiger partial charge in [0, 0.05) is 25.0 Å². The van der Waals surface area contributed by atoms with Crippen LogP contribution in [0, 0.1) is 0 Å². The van der Waals surface area contributed by atoms with Crippen molar-refractivity contribution in [3.63, 3.8) is 0 Å². The van der Waals surface area contributed by atoms with E-state index in [1.807, 2.05) is 12.3 Å². The van der Waals surface area contributed by atoms with Crippen molar-refractivity contribution >= 4 is 11.9 Å². The van der Waals surface area contributed by atoms with Gasteiger partial charge in [-0.15, -0.1) is 0 Å². The number of imidazole rings is 1. The largest absolute Gasteiger partial charge is 0.481 e. The molecular formula is C13H14N4O2. The number of aliphatic imine (C=N–C) groups is 1. The summed E-state index contributed by atoms with van der Waals surface area (Å²) in [5.41, 5.74) is 1.62. The molecule has 6 heteroatoms. The van der Waals surface area contributed by atoms with Crippen LogP contribution in [0.2, 0.25) is 0 Å². The summed E-state index contributed by atoms with van der Waals surface area (Å²) >= 11 is 0. The Hall–Kier alpha value is -2.21. The Bertz CT molecular complexity index is 583. The number of pyridine rings is 1. The van der Waals surface area contributed by atoms with Crippen molar-refractivity contribution in [2.75, 3.05) is 13.7 Å². The third-order valence-corrected chi connectivity index (χ3v) is 2.86. The van der Waals surface area contributed by atoms with Crippen LogP contribution in [0.25, 0.3) is 0 Å². The van der Waals surface area contributed by atoms with E-state index in [1.165, 1.54) is 0 Å². The molecule has 0 bridgehead atoms. The zero-order valence-corrected chi connectivity index (χ0v) is 10.6. The fraction of sp³-hybridized carbons (Fsp3) is 0.308. The lowest BCUT2D eigenvalue weighted by atomic mass is 10.4. The number of methoxy groups -OCH3 is 1. The van der Waals surface area contributed by atoms with Crippen molar-refractivity contribution in [2.24, 2.45) is 4.99 Å². The second-order valence-electron chi connectivity index (χ2n) is 4.14. The topological polar surface area (TPSA) is 61.5 Å². The summed E-state index contributed by atoms with van der Waals surface area (Å²) in [6.45, 7) is 2.15. The van der Waals surface area contributed by atoms with Gasteiger partial charge in [-0.1, -0.05) is 0 Å². The van der Waals surface area contributed by atoms with E-state index >= 15 is 0 Å². The van der Waals surface area contributed by atoms with Gasteiger partial charge in [0.1, 0.15) is 12.4 Å². The molecule has 6 nitrogen and oxygen atoms in total. The van der Waals surface area contributed by atoms with E-state index in [2.05, 4.69) is 19.5 Å². The van der Waals surface area contributed by atoms with Crippen LogP contribution in [0.4, 0.5) is 5.69 Å². The molecule has 0 atom stereocenters. The maximum absolute atomic E-state index is 5.35. The van der Waals surface area contributed by atoms with Crippen LogP contribution >= 0.6 is 0 Å². The zero-order chi connectivity index (χ0) is 13.1. The van der Waals surface area contributed by atoms with Crippen LogP contribution < -0.4 is 4.74 Å². The molecule has 2 aromatic heterocycles. The molecule has 0 saturated heterocycles. The molecule has 0 fully saturated rings. The van der Waals surface area contributed by atoms with E-state index in [0.717, 1.165) is 30.4 Å². The van der Waals surface area contributed by atoms with E-state index in [4.69, 9.17) is 9.47 Å². The second-order valence-corrected chi connectivity index (χ2v) is 4.14. The Kier molecular flexibility index (Phi) is 3.24. The summed E-state index contributed by atoms with van der Waals surface area (Å²) in [4.78, 5) is 12.9. The molecule has 3 rings (SSSR count). The predicted molar refractivity (Wildman–Crippen MR) is 69.9 cm³/mol. The van der Waals surface area contributed by atoms with Gasteiger partial charge in [-0.25, -0.2) is 9.97 Å². The summed E-state index contributed by atoms with van der Waals surface area (Å²) in [5, 5.41) is 0. The molecule has 2 aromatic rings. The highest BCUT2D eigenvalue weighted by Crippen LogP contribution is 2.16. The molecule has 0 unspecified atom stereocenters. The van der Waals surface area contributed by atoms with Gasteiger partial charge in [0.05, 0.1) is 31.3 Å². The number of fused-ring (bicyclic) bond motifs is 1. The highest BCUT2D eigenvalue weighted by atomic mass is 16.5. The van der Waals surface area contributed by atoms with Gasteiger partial charge in [0.15, 0.2) is 0 Å². The van der Waals surface area contributed by atoms with Crippen LogP contribution in [0.5, 0.6) is 5.88 Å². The molecule has 0 amide bonds. The maximum Gasteiger partial charge on any atom is 0.215 e. The molecule has 1 aliphatic rings. The van der Waals surface area contributed by atoms with Crippen molar-refractivity contribution in [1.82, 2.24) is 14.5 Å². The Morgan fingerprint density at radius 2 is 2.47 bits per heavy atom. The third kappa shape index (κ3) is 2.63. The molecule has 0 aliphatic carbocycles. The molecule has 98 valence electrons. The first kappa shape index (κ1) is 11.9. The average molecular weight is 258 g/mol. The summed E-state index contributed by atoms with van der Waals surface area (Å²) in [6, 6.07) is 3.59. The molecule has 0 spiro atoms. The number of hydrogen-bond donors (Lipinski definition) is 0. The Morgan fingerprint density at radius 3 is 3.32 bits per heavy atom. The van der Waals surface area contributed by atoms with E-state index < -0.39 is 0 Å². The zero-order valence-electron chi connectivity index (χ0n) is 10.6. The van der Waals surface area contributed by atoms with E-state index in [0.29, 0.717) is 12.5 Å². The van der Waals surface area contributed by atoms with Gasteiger partial charge in [-0.2, -0.15) is 0 Å². The first-order chi connectivity index (χ1) is 9.35. The number of aromatic nitrogens is 3. The van der Waals surface area contributed by atoms with E-state index in [9.17, 15) is 0 Å². The number of hydrogen-bond acceptors (Lipinski definition) is 5. The van der Waals surface area contributed by atoms with E-state index in [-0.39, 0.29) is 0 Å². The average Bonchev–Trinajstić information content (AvgIpc) is 2.88. The van der Waals surface area contributed by atoms with Gasteiger partial charge in [-0.3, -0.25) is 4.99 Å². The van der Waals surface area contributed by atoms with E-state index in [1.54, 1.807) is 25.6 Å². The maximum atomic E-state index is 5.35. The summed E-state index contributed by atoms with van der Waals surface area (Å²) in [6.07, 6.45) is 5.39. The van der Waals surface area contributed by atoms with Crippen LogP contribution in [-0.4, -0.2) is 34.5 Å². The van der Waals surface area contributed by atoms with Crippen molar-refractivity contribution in [3.8, 4) is 5.88 Å². The van der Waals surface area contributed by atoms with Crippen molar-refractivity contribution in [3.05, 3.63) is 36.0 Å². The minimum atomic E-state index is 0.548. The number of ether oxygens (including phenoxy) is 2. The lowest BCUT2D eigenvalue weighted by Gasteiger charge is -2.13. The second kappa shape index (κ2) is 5.19. The first-order valence-corrected chi connectivity index (χ1v) is 6.03. The van der Waals surface area contributed by atoms with Gasteiger partial charge >= 0.3 is 0 Å². The van der Waals surface area contributed by atoms with Crippen molar-refractivity contribution in [2.45, 2.75) is 13.2 Å². The van der Waals surface area contributed by atoms with Gasteiger partial charge in [0.2, 0.25) is 5.88 Å². The fourth-order valence-corrected chi connectivity index (χ4v) is 1.91.